The van der Waals surface area contributed by atoms with Gasteiger partial charge in [0.15, 0.2) is 0 Å². The van der Waals surface area contributed by atoms with Crippen LogP contribution in [0, 0.1) is 21.4 Å². The van der Waals surface area contributed by atoms with Gasteiger partial charge in [-0.3, -0.25) is 14.9 Å². The van der Waals surface area contributed by atoms with E-state index in [2.05, 4.69) is 17.0 Å². The summed E-state index contributed by atoms with van der Waals surface area (Å²) >= 11 is 0. The first-order valence-electron chi connectivity index (χ1n) is 8.94. The van der Waals surface area contributed by atoms with Crippen LogP contribution in [0.2, 0.25) is 0 Å². The summed E-state index contributed by atoms with van der Waals surface area (Å²) in [7, 11) is 0. The van der Waals surface area contributed by atoms with E-state index < -0.39 is 10.8 Å². The molecule has 0 fully saturated rings. The Morgan fingerprint density at radius 2 is 2.03 bits per heavy atom. The lowest BCUT2D eigenvalue weighted by Gasteiger charge is -2.02. The van der Waals surface area contributed by atoms with Crippen molar-refractivity contribution >= 4 is 17.7 Å². The molecule has 0 radical (unpaired) electrons. The number of hydrogen-bond acceptors (Lipinski definition) is 5. The van der Waals surface area contributed by atoms with Gasteiger partial charge in [-0.15, -0.1) is 6.58 Å². The lowest BCUT2D eigenvalue weighted by Crippen LogP contribution is -2.24. The molecule has 30 heavy (non-hydrogen) atoms. The predicted octanol–water partition coefficient (Wildman–Crippen LogP) is 3.66. The minimum absolute atomic E-state index is 0.0825. The van der Waals surface area contributed by atoms with Gasteiger partial charge in [0.25, 0.3) is 11.6 Å². The van der Waals surface area contributed by atoms with E-state index in [4.69, 9.17) is 0 Å². The molecule has 1 amide bonds. The molecule has 1 heterocycles. The highest BCUT2D eigenvalue weighted by molar-refractivity contribution is 6.02. The molecule has 3 rings (SSSR count). The molecule has 0 saturated heterocycles. The smallest absolute Gasteiger partial charge is 0.270 e. The third-order valence-electron chi connectivity index (χ3n) is 4.17. The molecule has 8 nitrogen and oxygen atoms in total. The molecule has 0 saturated carbocycles. The second-order valence-electron chi connectivity index (χ2n) is 6.19. The Labute approximate surface area is 172 Å². The van der Waals surface area contributed by atoms with Crippen LogP contribution in [-0.4, -0.2) is 27.2 Å². The van der Waals surface area contributed by atoms with Crippen molar-refractivity contribution in [2.45, 2.75) is 0 Å². The van der Waals surface area contributed by atoms with Crippen LogP contribution < -0.4 is 5.32 Å². The summed E-state index contributed by atoms with van der Waals surface area (Å²) in [6.07, 6.45) is 4.59. The number of hydrogen-bond donors (Lipinski definition) is 1. The van der Waals surface area contributed by atoms with Gasteiger partial charge in [-0.2, -0.15) is 10.4 Å². The van der Waals surface area contributed by atoms with Gasteiger partial charge in [-0.05, 0) is 18.2 Å². The highest BCUT2D eigenvalue weighted by Crippen LogP contribution is 2.28. The van der Waals surface area contributed by atoms with Crippen LogP contribution in [0.25, 0.3) is 23.0 Å². The summed E-state index contributed by atoms with van der Waals surface area (Å²) in [4.78, 5) is 22.9. The van der Waals surface area contributed by atoms with Crippen molar-refractivity contribution < 1.29 is 9.72 Å². The molecule has 3 aromatic rings. The van der Waals surface area contributed by atoms with Crippen molar-refractivity contribution in [3.8, 4) is 23.0 Å². The summed E-state index contributed by atoms with van der Waals surface area (Å²) < 4.78 is 1.59. The van der Waals surface area contributed by atoms with Crippen molar-refractivity contribution in [2.75, 3.05) is 6.54 Å². The van der Waals surface area contributed by atoms with Gasteiger partial charge in [0, 0.05) is 36.0 Å². The van der Waals surface area contributed by atoms with Crippen LogP contribution >= 0.6 is 0 Å². The maximum atomic E-state index is 12.2. The highest BCUT2D eigenvalue weighted by atomic mass is 16.6. The van der Waals surface area contributed by atoms with Gasteiger partial charge in [0.05, 0.1) is 10.6 Å². The standard InChI is InChI=1S/C22H17N5O3/c1-2-11-24-22(28)17(14-23)12-18-15-26(19-8-4-3-5-9-19)25-21(18)16-7-6-10-20(13-16)27(29)30/h2-10,12-13,15H,1,11H2,(H,24,28)/b17-12+. The minimum atomic E-state index is -0.546. The van der Waals surface area contributed by atoms with Crippen molar-refractivity contribution in [3.05, 3.63) is 94.7 Å². The number of benzene rings is 2. The number of nitriles is 1. The van der Waals surface area contributed by atoms with Gasteiger partial charge in [0.2, 0.25) is 0 Å². The van der Waals surface area contributed by atoms with Crippen molar-refractivity contribution in [1.29, 1.82) is 5.26 Å². The average molecular weight is 399 g/mol. The number of nitro benzene ring substituents is 1. The minimum Gasteiger partial charge on any atom is -0.348 e. The lowest BCUT2D eigenvalue weighted by molar-refractivity contribution is -0.384. The molecular weight excluding hydrogens is 382 g/mol. The number of para-hydroxylation sites is 1. The van der Waals surface area contributed by atoms with Gasteiger partial charge in [0.1, 0.15) is 17.3 Å². The van der Waals surface area contributed by atoms with E-state index in [1.165, 1.54) is 24.3 Å². The third-order valence-corrected chi connectivity index (χ3v) is 4.17. The maximum absolute atomic E-state index is 12.2. The Balaban J connectivity index is 2.14. The fraction of sp³-hybridized carbons (Fsp3) is 0.0455. The summed E-state index contributed by atoms with van der Waals surface area (Å²) in [6, 6.07) is 17.2. The first kappa shape index (κ1) is 20.2. The molecule has 0 aliphatic rings. The zero-order valence-corrected chi connectivity index (χ0v) is 15.9. The van der Waals surface area contributed by atoms with Crippen LogP contribution in [0.3, 0.4) is 0 Å². The average Bonchev–Trinajstić information content (AvgIpc) is 3.20. The molecule has 0 aliphatic heterocycles. The highest BCUT2D eigenvalue weighted by Gasteiger charge is 2.16. The maximum Gasteiger partial charge on any atom is 0.270 e. The van der Waals surface area contributed by atoms with Gasteiger partial charge < -0.3 is 5.32 Å². The molecule has 0 atom stereocenters. The van der Waals surface area contributed by atoms with E-state index in [9.17, 15) is 20.2 Å². The number of rotatable bonds is 7. The molecule has 0 unspecified atom stereocenters. The number of non-ortho nitro benzene ring substituents is 1. The first-order valence-corrected chi connectivity index (χ1v) is 8.94. The Morgan fingerprint density at radius 3 is 2.70 bits per heavy atom. The van der Waals surface area contributed by atoms with Gasteiger partial charge >= 0.3 is 0 Å². The Bertz CT molecular complexity index is 1170. The summed E-state index contributed by atoms with van der Waals surface area (Å²) in [6.45, 7) is 3.75. The van der Waals surface area contributed by atoms with E-state index in [1.807, 2.05) is 36.4 Å². The molecule has 1 N–H and O–H groups in total. The van der Waals surface area contributed by atoms with Crippen molar-refractivity contribution in [3.63, 3.8) is 0 Å². The van der Waals surface area contributed by atoms with Crippen molar-refractivity contribution in [2.24, 2.45) is 0 Å². The zero-order valence-electron chi connectivity index (χ0n) is 15.9. The van der Waals surface area contributed by atoms with Crippen LogP contribution in [0.15, 0.2) is 79.0 Å². The molecule has 0 spiro atoms. The van der Waals surface area contributed by atoms with Crippen LogP contribution in [0.4, 0.5) is 5.69 Å². The van der Waals surface area contributed by atoms with Gasteiger partial charge in [-0.1, -0.05) is 36.4 Å². The number of carbonyl (C=O) groups excluding carboxylic acids is 1. The second-order valence-corrected chi connectivity index (χ2v) is 6.19. The van der Waals surface area contributed by atoms with Gasteiger partial charge in [-0.25, -0.2) is 4.68 Å². The summed E-state index contributed by atoms with van der Waals surface area (Å²) in [5.41, 5.74) is 1.95. The Morgan fingerprint density at radius 1 is 1.27 bits per heavy atom. The fourth-order valence-electron chi connectivity index (χ4n) is 2.76. The molecule has 0 bridgehead atoms. The molecule has 2 aromatic carbocycles. The van der Waals surface area contributed by atoms with E-state index >= 15 is 0 Å². The van der Waals surface area contributed by atoms with Crippen LogP contribution in [-0.2, 0) is 4.79 Å². The van der Waals surface area contributed by atoms with E-state index in [0.29, 0.717) is 16.8 Å². The number of aromatic nitrogens is 2. The third kappa shape index (κ3) is 4.48. The molecule has 8 heteroatoms. The number of carbonyl (C=O) groups is 1. The summed E-state index contributed by atoms with van der Waals surface area (Å²) in [5.74, 6) is -0.546. The SMILES string of the molecule is C=CCNC(=O)/C(C#N)=C/c1cn(-c2ccccc2)nc1-c1cccc([N+](=O)[O-])c1. The normalized spacial score (nSPS) is 10.8. The molecule has 148 valence electrons. The lowest BCUT2D eigenvalue weighted by atomic mass is 10.1. The second kappa shape index (κ2) is 9.12. The van der Waals surface area contributed by atoms with Crippen LogP contribution in [0.5, 0.6) is 0 Å². The fourth-order valence-corrected chi connectivity index (χ4v) is 2.76. The Hall–Kier alpha value is -4.51. The van der Waals surface area contributed by atoms with E-state index in [-0.39, 0.29) is 17.8 Å². The topological polar surface area (TPSA) is 114 Å². The van der Waals surface area contributed by atoms with E-state index in [1.54, 1.807) is 23.0 Å². The number of nitro groups is 1. The number of nitrogens with one attached hydrogen (secondary N) is 1. The molecular formula is C22H17N5O3. The Kier molecular flexibility index (Phi) is 6.15. The van der Waals surface area contributed by atoms with Crippen molar-refractivity contribution in [1.82, 2.24) is 15.1 Å². The first-order chi connectivity index (χ1) is 14.5. The van der Waals surface area contributed by atoms with Crippen LogP contribution in [0.1, 0.15) is 5.56 Å². The molecule has 0 aliphatic carbocycles. The number of amides is 1. The predicted molar refractivity (Wildman–Crippen MR) is 112 cm³/mol. The zero-order chi connectivity index (χ0) is 21.5. The molecule has 1 aromatic heterocycles. The number of nitrogens with zero attached hydrogens (tertiary/aromatic N) is 4. The monoisotopic (exact) mass is 399 g/mol. The quantitative estimate of drug-likeness (QED) is 0.214. The van der Waals surface area contributed by atoms with E-state index in [0.717, 1.165) is 5.69 Å². The summed E-state index contributed by atoms with van der Waals surface area (Å²) in [5, 5.41) is 27.7. The largest absolute Gasteiger partial charge is 0.348 e.